The van der Waals surface area contributed by atoms with Gasteiger partial charge >= 0.3 is 5.97 Å². The average Bonchev–Trinajstić information content (AvgIpc) is 2.98. The van der Waals surface area contributed by atoms with Crippen LogP contribution in [0.1, 0.15) is 91.4 Å². The van der Waals surface area contributed by atoms with E-state index in [2.05, 4.69) is 20.8 Å². The number of hydrogen-bond acceptors (Lipinski definition) is 2. The van der Waals surface area contributed by atoms with Crippen LogP contribution in [-0.4, -0.2) is 16.9 Å². The van der Waals surface area contributed by atoms with Crippen molar-refractivity contribution in [1.82, 2.24) is 0 Å². The zero-order valence-corrected chi connectivity index (χ0v) is 18.0. The van der Waals surface area contributed by atoms with Crippen molar-refractivity contribution >= 4 is 11.8 Å². The first kappa shape index (κ1) is 20.2. The lowest BCUT2D eigenvalue weighted by Crippen LogP contribution is -2.53. The van der Waals surface area contributed by atoms with E-state index in [1.54, 1.807) is 0 Å². The van der Waals surface area contributed by atoms with Crippen molar-refractivity contribution in [2.75, 3.05) is 0 Å². The topological polar surface area (TPSA) is 54.4 Å². The Labute approximate surface area is 170 Å². The molecular weight excluding hydrogens is 348 g/mol. The maximum Gasteiger partial charge on any atom is 0.303 e. The van der Waals surface area contributed by atoms with Crippen LogP contribution < -0.4 is 0 Å². The van der Waals surface area contributed by atoms with Crippen LogP contribution in [0.4, 0.5) is 0 Å². The number of carbonyl (C=O) groups is 2. The van der Waals surface area contributed by atoms with E-state index >= 15 is 0 Å². The highest BCUT2D eigenvalue weighted by molar-refractivity contribution is 5.91. The van der Waals surface area contributed by atoms with E-state index in [9.17, 15) is 14.7 Å². The Morgan fingerprint density at radius 2 is 1.93 bits per heavy atom. The number of ketones is 1. The normalized spacial score (nSPS) is 45.0. The third-order valence-corrected chi connectivity index (χ3v) is 9.70. The van der Waals surface area contributed by atoms with Crippen molar-refractivity contribution < 1.29 is 14.7 Å². The monoisotopic (exact) mass is 386 g/mol. The van der Waals surface area contributed by atoms with Crippen molar-refractivity contribution in [1.29, 1.82) is 0 Å². The maximum absolute atomic E-state index is 12.2. The second-order valence-electron chi connectivity index (χ2n) is 10.8. The number of hydrogen-bond donors (Lipinski definition) is 1. The van der Waals surface area contributed by atoms with Crippen molar-refractivity contribution in [3.63, 3.8) is 0 Å². The summed E-state index contributed by atoms with van der Waals surface area (Å²) in [5, 5.41) is 9.20. The Morgan fingerprint density at radius 3 is 2.64 bits per heavy atom. The second-order valence-corrected chi connectivity index (χ2v) is 10.8. The van der Waals surface area contributed by atoms with E-state index in [0.717, 1.165) is 37.5 Å². The lowest BCUT2D eigenvalue weighted by Gasteiger charge is -2.60. The molecule has 0 aromatic carbocycles. The summed E-state index contributed by atoms with van der Waals surface area (Å²) < 4.78 is 0. The van der Waals surface area contributed by atoms with Gasteiger partial charge in [0.1, 0.15) is 0 Å². The van der Waals surface area contributed by atoms with E-state index in [1.165, 1.54) is 44.1 Å². The van der Waals surface area contributed by atoms with E-state index in [1.807, 2.05) is 6.08 Å². The summed E-state index contributed by atoms with van der Waals surface area (Å²) in [6.45, 7) is 7.26. The Balaban J connectivity index is 1.65. The van der Waals surface area contributed by atoms with E-state index in [0.29, 0.717) is 35.4 Å². The van der Waals surface area contributed by atoms with Crippen LogP contribution >= 0.6 is 0 Å². The summed E-state index contributed by atoms with van der Waals surface area (Å²) in [5.74, 6) is 3.22. The zero-order chi connectivity index (χ0) is 20.1. The van der Waals surface area contributed by atoms with Gasteiger partial charge in [0, 0.05) is 12.8 Å². The quantitative estimate of drug-likeness (QED) is 0.628. The van der Waals surface area contributed by atoms with Gasteiger partial charge in [-0.25, -0.2) is 0 Å². The standard InChI is InChI=1S/C25H38O3/c1-4-5-16-14-18-15-19(26)10-12-25(18,3)21-11-13-24(2)17(7-9-22(27)28)6-8-20(24)23(16)21/h15-17,20-21,23H,4-14H2,1-3H3,(H,27,28)/t16?,17-,20+,21+,23+,24-,25+/m1/s1. The molecule has 4 aliphatic rings. The van der Waals surface area contributed by atoms with E-state index in [4.69, 9.17) is 0 Å². The minimum Gasteiger partial charge on any atom is -0.481 e. The molecule has 3 heteroatoms. The fraction of sp³-hybridized carbons (Fsp3) is 0.840. The van der Waals surface area contributed by atoms with Crippen molar-refractivity contribution in [2.24, 2.45) is 40.4 Å². The molecule has 156 valence electrons. The largest absolute Gasteiger partial charge is 0.481 e. The van der Waals surface area contributed by atoms with E-state index < -0.39 is 5.97 Å². The molecule has 3 nitrogen and oxygen atoms in total. The molecule has 0 aromatic heterocycles. The SMILES string of the molecule is CCCC1CC2=CC(=O)CC[C@]2(C)[C@H]2CC[C@]3(C)[C@@H](CCC(=O)O)CC[C@H]3[C@H]12. The number of carboxylic acid groups (broad SMARTS) is 1. The number of carbonyl (C=O) groups excluding carboxylic acids is 1. The van der Waals surface area contributed by atoms with Crippen LogP contribution in [0.25, 0.3) is 0 Å². The Morgan fingerprint density at radius 1 is 1.14 bits per heavy atom. The van der Waals surface area contributed by atoms with Crippen LogP contribution in [0.2, 0.25) is 0 Å². The molecule has 4 rings (SSSR count). The number of aliphatic carboxylic acids is 1. The Hall–Kier alpha value is -1.12. The molecule has 0 saturated heterocycles. The molecule has 0 spiro atoms. The molecule has 3 saturated carbocycles. The Kier molecular flexibility index (Phi) is 5.25. The number of carboxylic acids is 1. The fourth-order valence-electron chi connectivity index (χ4n) is 8.25. The average molecular weight is 387 g/mol. The van der Waals surface area contributed by atoms with Gasteiger partial charge in [-0.05, 0) is 91.4 Å². The van der Waals surface area contributed by atoms with Gasteiger partial charge in [-0.3, -0.25) is 9.59 Å². The molecule has 1 N–H and O–H groups in total. The van der Waals surface area contributed by atoms with Gasteiger partial charge in [0.25, 0.3) is 0 Å². The number of rotatable bonds is 5. The van der Waals surface area contributed by atoms with Gasteiger partial charge in [0.05, 0.1) is 0 Å². The zero-order valence-electron chi connectivity index (χ0n) is 18.0. The lowest BCUT2D eigenvalue weighted by molar-refractivity contribution is -0.138. The number of fused-ring (bicyclic) bond motifs is 5. The van der Waals surface area contributed by atoms with Gasteiger partial charge in [0.15, 0.2) is 5.78 Å². The van der Waals surface area contributed by atoms with Crippen LogP contribution in [0, 0.1) is 40.4 Å². The molecule has 28 heavy (non-hydrogen) atoms. The maximum atomic E-state index is 12.2. The summed E-state index contributed by atoms with van der Waals surface area (Å²) in [6, 6.07) is 0. The van der Waals surface area contributed by atoms with Crippen molar-refractivity contribution in [2.45, 2.75) is 91.4 Å². The molecule has 1 unspecified atom stereocenters. The number of allylic oxidation sites excluding steroid dienone is 1. The minimum atomic E-state index is -0.642. The predicted octanol–water partition coefficient (Wildman–Crippen LogP) is 6.03. The minimum absolute atomic E-state index is 0.225. The van der Waals surface area contributed by atoms with Gasteiger partial charge in [-0.1, -0.05) is 39.2 Å². The molecule has 4 aliphatic carbocycles. The van der Waals surface area contributed by atoms with Crippen molar-refractivity contribution in [3.05, 3.63) is 11.6 Å². The molecule has 3 fully saturated rings. The Bertz CT molecular complexity index is 679. The van der Waals surface area contributed by atoms with Crippen LogP contribution in [0.5, 0.6) is 0 Å². The van der Waals surface area contributed by atoms with Gasteiger partial charge in [-0.15, -0.1) is 0 Å². The van der Waals surface area contributed by atoms with Crippen molar-refractivity contribution in [3.8, 4) is 0 Å². The van der Waals surface area contributed by atoms with E-state index in [-0.39, 0.29) is 5.41 Å². The second kappa shape index (κ2) is 7.29. The molecule has 0 aliphatic heterocycles. The van der Waals surface area contributed by atoms with Gasteiger partial charge in [-0.2, -0.15) is 0 Å². The third kappa shape index (κ3) is 3.08. The molecule has 0 bridgehead atoms. The molecule has 0 radical (unpaired) electrons. The summed E-state index contributed by atoms with van der Waals surface area (Å²) >= 11 is 0. The highest BCUT2D eigenvalue weighted by Gasteiger charge is 2.60. The highest BCUT2D eigenvalue weighted by Crippen LogP contribution is 2.68. The first-order valence-electron chi connectivity index (χ1n) is 11.7. The molecular formula is C25H38O3. The van der Waals surface area contributed by atoms with Crippen LogP contribution in [0.15, 0.2) is 11.6 Å². The summed E-state index contributed by atoms with van der Waals surface area (Å²) in [5.41, 5.74) is 2.01. The third-order valence-electron chi connectivity index (χ3n) is 9.70. The fourth-order valence-corrected chi connectivity index (χ4v) is 8.25. The molecule has 7 atom stereocenters. The van der Waals surface area contributed by atoms with Gasteiger partial charge < -0.3 is 5.11 Å². The summed E-state index contributed by atoms with van der Waals surface area (Å²) in [6.07, 6.45) is 13.6. The van der Waals surface area contributed by atoms with Crippen LogP contribution in [0.3, 0.4) is 0 Å². The predicted molar refractivity (Wildman–Crippen MR) is 111 cm³/mol. The molecule has 0 heterocycles. The highest BCUT2D eigenvalue weighted by atomic mass is 16.4. The molecule has 0 aromatic rings. The summed E-state index contributed by atoms with van der Waals surface area (Å²) in [7, 11) is 0. The smallest absolute Gasteiger partial charge is 0.303 e. The molecule has 0 amide bonds. The van der Waals surface area contributed by atoms with Gasteiger partial charge in [0.2, 0.25) is 0 Å². The first-order chi connectivity index (χ1) is 13.3. The van der Waals surface area contributed by atoms with Crippen LogP contribution in [-0.2, 0) is 9.59 Å². The first-order valence-corrected chi connectivity index (χ1v) is 11.7. The lowest BCUT2D eigenvalue weighted by atomic mass is 9.44. The summed E-state index contributed by atoms with van der Waals surface area (Å²) in [4.78, 5) is 23.3.